The fourth-order valence-electron chi connectivity index (χ4n) is 0.920. The van der Waals surface area contributed by atoms with E-state index in [1.807, 2.05) is 19.1 Å². The molecule has 0 saturated heterocycles. The minimum atomic E-state index is -0.718. The number of nitrogen functional groups attached to an aromatic ring is 1. The lowest BCUT2D eigenvalue weighted by atomic mass is 10.3. The maximum atomic E-state index is 5.47. The Labute approximate surface area is 82.2 Å². The smallest absolute Gasteiger partial charge is 0.223 e. The molecule has 0 aliphatic rings. The Bertz CT molecular complexity index is 333. The predicted octanol–water partition coefficient (Wildman–Crippen LogP) is -0.512. The summed E-state index contributed by atoms with van der Waals surface area (Å²) in [6, 6.07) is 0. The third-order valence-electron chi connectivity index (χ3n) is 1.55. The standard InChI is InChI=1S/C8H14N6/c1-2-3-4-5-12-7(6(9)10)14-8(11)13-5/h2-3,6H,4,9-10H2,1H3,(H2,11,12,13,14). The first-order chi connectivity index (χ1) is 6.63. The van der Waals surface area contributed by atoms with Gasteiger partial charge in [0.1, 0.15) is 12.0 Å². The molecule has 1 rings (SSSR count). The molecule has 0 amide bonds. The number of hydrogen-bond donors (Lipinski definition) is 3. The van der Waals surface area contributed by atoms with Gasteiger partial charge in [-0.2, -0.15) is 9.97 Å². The molecule has 0 bridgehead atoms. The van der Waals surface area contributed by atoms with E-state index in [0.29, 0.717) is 18.1 Å². The van der Waals surface area contributed by atoms with Gasteiger partial charge in [0.2, 0.25) is 5.95 Å². The second-order valence-corrected chi connectivity index (χ2v) is 2.77. The molecule has 1 aromatic rings. The summed E-state index contributed by atoms with van der Waals surface area (Å²) in [6.45, 7) is 1.92. The first-order valence-corrected chi connectivity index (χ1v) is 4.26. The van der Waals surface area contributed by atoms with Gasteiger partial charge in [-0.25, -0.2) is 4.98 Å². The lowest BCUT2D eigenvalue weighted by molar-refractivity contribution is 0.687. The summed E-state index contributed by atoms with van der Waals surface area (Å²) in [5, 5.41) is 0. The van der Waals surface area contributed by atoms with Gasteiger partial charge in [0, 0.05) is 6.42 Å². The lowest BCUT2D eigenvalue weighted by Crippen LogP contribution is -2.24. The van der Waals surface area contributed by atoms with Crippen molar-refractivity contribution in [3.8, 4) is 0 Å². The molecule has 0 unspecified atom stereocenters. The van der Waals surface area contributed by atoms with Gasteiger partial charge in [-0.3, -0.25) is 0 Å². The highest BCUT2D eigenvalue weighted by atomic mass is 15.1. The number of nitrogens with zero attached hydrogens (tertiary/aromatic N) is 3. The molecule has 0 spiro atoms. The van der Waals surface area contributed by atoms with Gasteiger partial charge in [-0.15, -0.1) is 0 Å². The van der Waals surface area contributed by atoms with Crippen LogP contribution < -0.4 is 17.2 Å². The van der Waals surface area contributed by atoms with Crippen LogP contribution in [0.25, 0.3) is 0 Å². The molecule has 0 aliphatic carbocycles. The molecular weight excluding hydrogens is 180 g/mol. The lowest BCUT2D eigenvalue weighted by Gasteiger charge is -2.05. The van der Waals surface area contributed by atoms with Crippen molar-refractivity contribution in [2.75, 3.05) is 5.73 Å². The van der Waals surface area contributed by atoms with E-state index in [2.05, 4.69) is 15.0 Å². The molecule has 1 heterocycles. The van der Waals surface area contributed by atoms with Gasteiger partial charge in [-0.05, 0) is 6.92 Å². The number of hydrogen-bond acceptors (Lipinski definition) is 6. The van der Waals surface area contributed by atoms with E-state index in [9.17, 15) is 0 Å². The number of aromatic nitrogens is 3. The fraction of sp³-hybridized carbons (Fsp3) is 0.375. The summed E-state index contributed by atoms with van der Waals surface area (Å²) in [5.74, 6) is 1.04. The van der Waals surface area contributed by atoms with Crippen LogP contribution in [-0.2, 0) is 6.42 Å². The molecule has 6 nitrogen and oxygen atoms in total. The Balaban J connectivity index is 2.95. The van der Waals surface area contributed by atoms with Gasteiger partial charge in [-0.1, -0.05) is 12.2 Å². The molecule has 14 heavy (non-hydrogen) atoms. The van der Waals surface area contributed by atoms with Gasteiger partial charge in [0.25, 0.3) is 0 Å². The summed E-state index contributed by atoms with van der Waals surface area (Å²) in [5.41, 5.74) is 16.3. The van der Waals surface area contributed by atoms with E-state index >= 15 is 0 Å². The molecule has 0 aromatic carbocycles. The number of allylic oxidation sites excluding steroid dienone is 2. The van der Waals surface area contributed by atoms with Gasteiger partial charge in [0.15, 0.2) is 5.82 Å². The van der Waals surface area contributed by atoms with Gasteiger partial charge < -0.3 is 17.2 Å². The highest BCUT2D eigenvalue weighted by Gasteiger charge is 2.07. The minimum absolute atomic E-state index is 0.149. The van der Waals surface area contributed by atoms with Crippen molar-refractivity contribution in [1.82, 2.24) is 15.0 Å². The summed E-state index contributed by atoms with van der Waals surface area (Å²) in [4.78, 5) is 11.8. The first kappa shape index (κ1) is 10.6. The Morgan fingerprint density at radius 2 is 2.00 bits per heavy atom. The molecule has 76 valence electrons. The van der Waals surface area contributed by atoms with Crippen molar-refractivity contribution in [3.63, 3.8) is 0 Å². The van der Waals surface area contributed by atoms with Crippen LogP contribution in [0.3, 0.4) is 0 Å². The highest BCUT2D eigenvalue weighted by Crippen LogP contribution is 2.02. The maximum Gasteiger partial charge on any atom is 0.223 e. The van der Waals surface area contributed by atoms with E-state index in [4.69, 9.17) is 17.2 Å². The SMILES string of the molecule is CC=CCc1nc(N)nc(C(N)N)n1. The monoisotopic (exact) mass is 194 g/mol. The van der Waals surface area contributed by atoms with E-state index in [-0.39, 0.29) is 5.95 Å². The topological polar surface area (TPSA) is 117 Å². The Morgan fingerprint density at radius 3 is 2.57 bits per heavy atom. The average Bonchev–Trinajstić information content (AvgIpc) is 2.14. The second kappa shape index (κ2) is 4.64. The van der Waals surface area contributed by atoms with Crippen molar-refractivity contribution in [2.45, 2.75) is 19.5 Å². The van der Waals surface area contributed by atoms with Gasteiger partial charge >= 0.3 is 0 Å². The zero-order valence-electron chi connectivity index (χ0n) is 8.01. The molecule has 6 heteroatoms. The Hall–Kier alpha value is -1.53. The predicted molar refractivity (Wildman–Crippen MR) is 53.9 cm³/mol. The first-order valence-electron chi connectivity index (χ1n) is 4.26. The normalized spacial score (nSPS) is 11.4. The van der Waals surface area contributed by atoms with Crippen LogP contribution in [0, 0.1) is 0 Å². The number of nitrogens with two attached hydrogens (primary N) is 3. The fourth-order valence-corrected chi connectivity index (χ4v) is 0.920. The van der Waals surface area contributed by atoms with Crippen molar-refractivity contribution < 1.29 is 0 Å². The van der Waals surface area contributed by atoms with Crippen LogP contribution in [0.4, 0.5) is 5.95 Å². The molecule has 0 saturated carbocycles. The molecule has 1 aromatic heterocycles. The van der Waals surface area contributed by atoms with Crippen LogP contribution in [-0.4, -0.2) is 15.0 Å². The number of anilines is 1. The quantitative estimate of drug-likeness (QED) is 0.440. The van der Waals surface area contributed by atoms with Crippen LogP contribution in [0.5, 0.6) is 0 Å². The summed E-state index contributed by atoms with van der Waals surface area (Å²) in [7, 11) is 0. The van der Waals surface area contributed by atoms with Crippen molar-refractivity contribution in [2.24, 2.45) is 11.5 Å². The molecule has 0 atom stereocenters. The Kier molecular flexibility index (Phi) is 3.49. The molecule has 6 N–H and O–H groups in total. The molecular formula is C8H14N6. The van der Waals surface area contributed by atoms with E-state index in [1.165, 1.54) is 0 Å². The molecule has 0 radical (unpaired) electrons. The largest absolute Gasteiger partial charge is 0.368 e. The van der Waals surface area contributed by atoms with Crippen molar-refractivity contribution in [3.05, 3.63) is 23.8 Å². The van der Waals surface area contributed by atoms with Crippen LogP contribution in [0.15, 0.2) is 12.2 Å². The zero-order valence-corrected chi connectivity index (χ0v) is 8.01. The van der Waals surface area contributed by atoms with E-state index < -0.39 is 6.17 Å². The zero-order chi connectivity index (χ0) is 10.6. The third kappa shape index (κ3) is 2.75. The van der Waals surface area contributed by atoms with Gasteiger partial charge in [0.05, 0.1) is 0 Å². The van der Waals surface area contributed by atoms with E-state index in [1.54, 1.807) is 0 Å². The van der Waals surface area contributed by atoms with Crippen molar-refractivity contribution in [1.29, 1.82) is 0 Å². The Morgan fingerprint density at radius 1 is 1.29 bits per heavy atom. The van der Waals surface area contributed by atoms with Crippen molar-refractivity contribution >= 4 is 5.95 Å². The summed E-state index contributed by atoms with van der Waals surface area (Å²) in [6.07, 6.45) is 3.70. The van der Waals surface area contributed by atoms with Crippen LogP contribution >= 0.6 is 0 Å². The molecule has 0 aliphatic heterocycles. The second-order valence-electron chi connectivity index (χ2n) is 2.77. The van der Waals surface area contributed by atoms with Crippen LogP contribution in [0.1, 0.15) is 24.7 Å². The highest BCUT2D eigenvalue weighted by molar-refractivity contribution is 5.17. The molecule has 0 fully saturated rings. The maximum absolute atomic E-state index is 5.47. The number of rotatable bonds is 3. The van der Waals surface area contributed by atoms with E-state index in [0.717, 1.165) is 0 Å². The average molecular weight is 194 g/mol. The summed E-state index contributed by atoms with van der Waals surface area (Å²) >= 11 is 0. The minimum Gasteiger partial charge on any atom is -0.368 e. The third-order valence-corrected chi connectivity index (χ3v) is 1.55. The van der Waals surface area contributed by atoms with Crippen LogP contribution in [0.2, 0.25) is 0 Å². The summed E-state index contributed by atoms with van der Waals surface area (Å²) < 4.78 is 0.